The Hall–Kier alpha value is -2.36. The van der Waals surface area contributed by atoms with Gasteiger partial charge in [-0.25, -0.2) is 14.3 Å². The summed E-state index contributed by atoms with van der Waals surface area (Å²) in [4.78, 5) is 26.7. The van der Waals surface area contributed by atoms with E-state index in [-0.39, 0.29) is 24.8 Å². The molecule has 0 saturated carbocycles. The number of hydrogen-bond acceptors (Lipinski definition) is 5. The number of methoxy groups -OCH3 is 1. The highest BCUT2D eigenvalue weighted by Gasteiger charge is 2.11. The molecule has 1 atom stereocenters. The SMILES string of the molecule is COC(=O)n1cnc(C[C@@H](C)NC(=O)CCC#N)c1. The predicted octanol–water partition coefficient (Wildman–Crippen LogP) is 0.849. The van der Waals surface area contributed by atoms with Gasteiger partial charge in [0.2, 0.25) is 5.91 Å². The highest BCUT2D eigenvalue weighted by atomic mass is 16.5. The molecule has 1 aromatic rings. The van der Waals surface area contributed by atoms with Crippen molar-refractivity contribution in [1.82, 2.24) is 14.9 Å². The van der Waals surface area contributed by atoms with Gasteiger partial charge in [0.25, 0.3) is 0 Å². The van der Waals surface area contributed by atoms with E-state index in [0.29, 0.717) is 12.1 Å². The normalized spacial score (nSPS) is 11.4. The fourth-order valence-electron chi connectivity index (χ4n) is 1.56. The molecule has 7 heteroatoms. The van der Waals surface area contributed by atoms with E-state index in [2.05, 4.69) is 15.0 Å². The molecule has 19 heavy (non-hydrogen) atoms. The molecular weight excluding hydrogens is 248 g/mol. The van der Waals surface area contributed by atoms with E-state index in [4.69, 9.17) is 5.26 Å². The first-order chi connectivity index (χ1) is 9.06. The van der Waals surface area contributed by atoms with Crippen LogP contribution in [0.25, 0.3) is 0 Å². The average Bonchev–Trinajstić information content (AvgIpc) is 2.83. The number of nitrogens with one attached hydrogen (secondary N) is 1. The van der Waals surface area contributed by atoms with Crippen molar-refractivity contribution in [2.24, 2.45) is 0 Å². The molecule has 0 radical (unpaired) electrons. The summed E-state index contributed by atoms with van der Waals surface area (Å²) in [6.45, 7) is 1.83. The molecule has 0 saturated heterocycles. The van der Waals surface area contributed by atoms with Crippen LogP contribution in [-0.2, 0) is 16.0 Å². The molecule has 1 heterocycles. The molecular formula is C12H16N4O3. The van der Waals surface area contributed by atoms with Crippen molar-refractivity contribution in [1.29, 1.82) is 5.26 Å². The Balaban J connectivity index is 2.46. The molecule has 0 spiro atoms. The number of carbonyl (C=O) groups is 2. The summed E-state index contributed by atoms with van der Waals surface area (Å²) in [5.74, 6) is -0.165. The molecule has 1 aromatic heterocycles. The standard InChI is InChI=1S/C12H16N4O3/c1-9(15-11(17)4-3-5-13)6-10-7-16(8-14-10)12(18)19-2/h7-9H,3-4,6H2,1-2H3,(H,15,17)/t9-/m1/s1. The van der Waals surface area contributed by atoms with Crippen LogP contribution in [0, 0.1) is 11.3 Å². The maximum Gasteiger partial charge on any atom is 0.418 e. The van der Waals surface area contributed by atoms with Crippen LogP contribution < -0.4 is 5.32 Å². The van der Waals surface area contributed by atoms with Crippen LogP contribution in [0.4, 0.5) is 4.79 Å². The van der Waals surface area contributed by atoms with E-state index in [1.807, 2.05) is 13.0 Å². The average molecular weight is 264 g/mol. The van der Waals surface area contributed by atoms with E-state index in [9.17, 15) is 9.59 Å². The number of aromatic nitrogens is 2. The van der Waals surface area contributed by atoms with E-state index in [1.165, 1.54) is 18.0 Å². The summed E-state index contributed by atoms with van der Waals surface area (Å²) in [6, 6.07) is 1.80. The fraction of sp³-hybridized carbons (Fsp3) is 0.500. The van der Waals surface area contributed by atoms with Crippen molar-refractivity contribution in [3.63, 3.8) is 0 Å². The molecule has 0 aromatic carbocycles. The molecule has 0 aliphatic heterocycles. The summed E-state index contributed by atoms with van der Waals surface area (Å²) in [5, 5.41) is 11.1. The second-order valence-electron chi connectivity index (χ2n) is 4.07. The quantitative estimate of drug-likeness (QED) is 0.850. The third-order valence-electron chi connectivity index (χ3n) is 2.41. The molecule has 7 nitrogen and oxygen atoms in total. The zero-order valence-electron chi connectivity index (χ0n) is 10.9. The molecule has 1 N–H and O–H groups in total. The number of nitriles is 1. The van der Waals surface area contributed by atoms with Crippen molar-refractivity contribution >= 4 is 12.0 Å². The topological polar surface area (TPSA) is 97.0 Å². The van der Waals surface area contributed by atoms with Crippen LogP contribution in [0.1, 0.15) is 25.5 Å². The minimum absolute atomic E-state index is 0.118. The van der Waals surface area contributed by atoms with Crippen molar-refractivity contribution in [3.05, 3.63) is 18.2 Å². The lowest BCUT2D eigenvalue weighted by Crippen LogP contribution is -2.33. The lowest BCUT2D eigenvalue weighted by atomic mass is 10.2. The van der Waals surface area contributed by atoms with Crippen LogP contribution in [0.3, 0.4) is 0 Å². The molecule has 0 aliphatic carbocycles. The van der Waals surface area contributed by atoms with Crippen molar-refractivity contribution in [2.75, 3.05) is 7.11 Å². The summed E-state index contributed by atoms with van der Waals surface area (Å²) in [6.07, 6.45) is 3.31. The van der Waals surface area contributed by atoms with Gasteiger partial charge in [-0.15, -0.1) is 0 Å². The minimum atomic E-state index is -0.510. The molecule has 0 unspecified atom stereocenters. The minimum Gasteiger partial charge on any atom is -0.452 e. The summed E-state index contributed by atoms with van der Waals surface area (Å²) in [7, 11) is 1.29. The molecule has 0 bridgehead atoms. The van der Waals surface area contributed by atoms with Crippen LogP contribution in [-0.4, -0.2) is 34.7 Å². The van der Waals surface area contributed by atoms with Crippen molar-refractivity contribution in [2.45, 2.75) is 32.2 Å². The fourth-order valence-corrected chi connectivity index (χ4v) is 1.56. The molecule has 0 aliphatic rings. The Bertz CT molecular complexity index is 489. The van der Waals surface area contributed by atoms with Crippen molar-refractivity contribution in [3.8, 4) is 6.07 Å². The Labute approximate surface area is 111 Å². The molecule has 0 fully saturated rings. The molecule has 1 amide bonds. The van der Waals surface area contributed by atoms with E-state index < -0.39 is 6.09 Å². The summed E-state index contributed by atoms with van der Waals surface area (Å²) >= 11 is 0. The highest BCUT2D eigenvalue weighted by molar-refractivity contribution is 5.76. The van der Waals surface area contributed by atoms with Gasteiger partial charge in [-0.05, 0) is 6.92 Å². The smallest absolute Gasteiger partial charge is 0.418 e. The zero-order chi connectivity index (χ0) is 14.3. The number of nitrogens with zero attached hydrogens (tertiary/aromatic N) is 3. The number of hydrogen-bond donors (Lipinski definition) is 1. The Kier molecular flexibility index (Phi) is 5.54. The largest absolute Gasteiger partial charge is 0.452 e. The number of amides is 1. The Morgan fingerprint density at radius 3 is 3.00 bits per heavy atom. The summed E-state index contributed by atoms with van der Waals surface area (Å²) in [5.41, 5.74) is 0.679. The van der Waals surface area contributed by atoms with Gasteiger partial charge in [0, 0.05) is 31.5 Å². The first-order valence-electron chi connectivity index (χ1n) is 5.84. The van der Waals surface area contributed by atoms with E-state index in [0.717, 1.165) is 0 Å². The third-order valence-corrected chi connectivity index (χ3v) is 2.41. The second kappa shape index (κ2) is 7.16. The zero-order valence-corrected chi connectivity index (χ0v) is 10.9. The van der Waals surface area contributed by atoms with Crippen LogP contribution >= 0.6 is 0 Å². The summed E-state index contributed by atoms with van der Waals surface area (Å²) < 4.78 is 5.78. The predicted molar refractivity (Wildman–Crippen MR) is 66.2 cm³/mol. The van der Waals surface area contributed by atoms with Gasteiger partial charge in [0.05, 0.1) is 18.9 Å². The molecule has 102 valence electrons. The number of imidazole rings is 1. The Morgan fingerprint density at radius 2 is 2.37 bits per heavy atom. The number of carbonyl (C=O) groups excluding carboxylic acids is 2. The van der Waals surface area contributed by atoms with Crippen LogP contribution in [0.2, 0.25) is 0 Å². The van der Waals surface area contributed by atoms with Gasteiger partial charge in [-0.1, -0.05) is 0 Å². The second-order valence-corrected chi connectivity index (χ2v) is 4.07. The lowest BCUT2D eigenvalue weighted by molar-refractivity contribution is -0.121. The maximum absolute atomic E-state index is 11.4. The van der Waals surface area contributed by atoms with Gasteiger partial charge in [0.15, 0.2) is 0 Å². The van der Waals surface area contributed by atoms with Crippen LogP contribution in [0.15, 0.2) is 12.5 Å². The Morgan fingerprint density at radius 1 is 1.63 bits per heavy atom. The lowest BCUT2D eigenvalue weighted by Gasteiger charge is -2.11. The first kappa shape index (κ1) is 14.7. The maximum atomic E-state index is 11.4. The highest BCUT2D eigenvalue weighted by Crippen LogP contribution is 2.02. The van der Waals surface area contributed by atoms with E-state index in [1.54, 1.807) is 6.20 Å². The van der Waals surface area contributed by atoms with Gasteiger partial charge in [-0.3, -0.25) is 4.79 Å². The third kappa shape index (κ3) is 4.79. The van der Waals surface area contributed by atoms with Gasteiger partial charge < -0.3 is 10.1 Å². The van der Waals surface area contributed by atoms with Crippen molar-refractivity contribution < 1.29 is 14.3 Å². The number of ether oxygens (including phenoxy) is 1. The number of rotatable bonds is 5. The molecule has 1 rings (SSSR count). The van der Waals surface area contributed by atoms with Gasteiger partial charge in [-0.2, -0.15) is 5.26 Å². The first-order valence-corrected chi connectivity index (χ1v) is 5.84. The van der Waals surface area contributed by atoms with Crippen LogP contribution in [0.5, 0.6) is 0 Å². The van der Waals surface area contributed by atoms with Gasteiger partial charge in [0.1, 0.15) is 6.33 Å². The monoisotopic (exact) mass is 264 g/mol. The van der Waals surface area contributed by atoms with Gasteiger partial charge >= 0.3 is 6.09 Å². The van der Waals surface area contributed by atoms with E-state index >= 15 is 0 Å².